The minimum absolute atomic E-state index is 0.0983. The van der Waals surface area contributed by atoms with Crippen LogP contribution in [0, 0.1) is 5.92 Å². The van der Waals surface area contributed by atoms with Gasteiger partial charge in [-0.3, -0.25) is 0 Å². The van der Waals surface area contributed by atoms with Crippen LogP contribution in [0.2, 0.25) is 0 Å². The molecule has 0 aliphatic heterocycles. The number of aliphatic hydroxyl groups excluding tert-OH is 1. The largest absolute Gasteiger partial charge is 0.393 e. The predicted octanol–water partition coefficient (Wildman–Crippen LogP) is 0.671. The number of nitrogens with zero attached hydrogens (tertiary/aromatic N) is 2. The first-order valence-corrected chi connectivity index (χ1v) is 5.62. The van der Waals surface area contributed by atoms with Gasteiger partial charge in [-0.25, -0.2) is 4.98 Å². The van der Waals surface area contributed by atoms with E-state index >= 15 is 0 Å². The monoisotopic (exact) mass is 209 g/mol. The van der Waals surface area contributed by atoms with Crippen molar-refractivity contribution in [2.45, 2.75) is 31.9 Å². The van der Waals surface area contributed by atoms with Gasteiger partial charge >= 0.3 is 0 Å². The summed E-state index contributed by atoms with van der Waals surface area (Å²) < 4.78 is 2.01. The summed E-state index contributed by atoms with van der Waals surface area (Å²) >= 11 is 0. The van der Waals surface area contributed by atoms with Crippen molar-refractivity contribution in [3.8, 4) is 0 Å². The highest BCUT2D eigenvalue weighted by atomic mass is 16.3. The highest BCUT2D eigenvalue weighted by Crippen LogP contribution is 2.24. The number of hydrogen-bond donors (Lipinski definition) is 2. The van der Waals surface area contributed by atoms with Crippen LogP contribution >= 0.6 is 0 Å². The molecular formula is C11H19N3O. The molecule has 1 aromatic heterocycles. The molecule has 1 saturated carbocycles. The summed E-state index contributed by atoms with van der Waals surface area (Å²) in [6, 6.07) is 0. The molecule has 2 rings (SSSR count). The van der Waals surface area contributed by atoms with E-state index in [0.29, 0.717) is 5.92 Å². The zero-order valence-electron chi connectivity index (χ0n) is 9.19. The fraction of sp³-hybridized carbons (Fsp3) is 0.727. The number of hydrogen-bond acceptors (Lipinski definition) is 3. The molecule has 15 heavy (non-hydrogen) atoms. The normalized spacial score (nSPS) is 26.0. The number of aliphatic hydroxyl groups is 1. The lowest BCUT2D eigenvalue weighted by molar-refractivity contribution is 0.131. The molecule has 1 fully saturated rings. The van der Waals surface area contributed by atoms with Gasteiger partial charge in [0.05, 0.1) is 12.6 Å². The van der Waals surface area contributed by atoms with E-state index < -0.39 is 0 Å². The molecule has 0 bridgehead atoms. The Morgan fingerprint density at radius 1 is 1.60 bits per heavy atom. The molecule has 2 unspecified atom stereocenters. The first-order valence-electron chi connectivity index (χ1n) is 5.62. The van der Waals surface area contributed by atoms with Crippen molar-refractivity contribution in [3.63, 3.8) is 0 Å². The average molecular weight is 209 g/mol. The molecule has 0 saturated heterocycles. The van der Waals surface area contributed by atoms with Crippen LogP contribution in [0.1, 0.15) is 25.1 Å². The Hall–Kier alpha value is -0.870. The zero-order chi connectivity index (χ0) is 10.7. The second-order valence-electron chi connectivity index (χ2n) is 4.34. The number of aryl methyl sites for hydroxylation is 1. The van der Waals surface area contributed by atoms with Gasteiger partial charge in [-0.1, -0.05) is 6.42 Å². The van der Waals surface area contributed by atoms with Crippen LogP contribution in [0.3, 0.4) is 0 Å². The zero-order valence-corrected chi connectivity index (χ0v) is 9.19. The molecule has 0 amide bonds. The first-order chi connectivity index (χ1) is 7.27. The Labute approximate surface area is 90.3 Å². The van der Waals surface area contributed by atoms with Gasteiger partial charge in [0.1, 0.15) is 5.82 Å². The van der Waals surface area contributed by atoms with Gasteiger partial charge in [-0.05, 0) is 18.8 Å². The van der Waals surface area contributed by atoms with E-state index in [-0.39, 0.29) is 6.10 Å². The summed E-state index contributed by atoms with van der Waals surface area (Å²) in [5, 5.41) is 13.0. The third kappa shape index (κ3) is 2.58. The van der Waals surface area contributed by atoms with E-state index in [4.69, 9.17) is 0 Å². The van der Waals surface area contributed by atoms with E-state index in [1.165, 1.54) is 0 Å². The van der Waals surface area contributed by atoms with Crippen LogP contribution in [0.4, 0.5) is 0 Å². The van der Waals surface area contributed by atoms with Crippen molar-refractivity contribution in [1.29, 1.82) is 0 Å². The smallest absolute Gasteiger partial charge is 0.122 e. The quantitative estimate of drug-likeness (QED) is 0.766. The Morgan fingerprint density at radius 2 is 2.47 bits per heavy atom. The lowest BCUT2D eigenvalue weighted by Gasteiger charge is -2.14. The number of rotatable bonds is 4. The van der Waals surface area contributed by atoms with Gasteiger partial charge in [0.25, 0.3) is 0 Å². The molecule has 4 heteroatoms. The van der Waals surface area contributed by atoms with Gasteiger partial charge in [-0.15, -0.1) is 0 Å². The SMILES string of the molecule is Cn1ccnc1CNCC1CCCC1O. The predicted molar refractivity (Wildman–Crippen MR) is 58.3 cm³/mol. The minimum Gasteiger partial charge on any atom is -0.393 e. The highest BCUT2D eigenvalue weighted by Gasteiger charge is 2.24. The molecular weight excluding hydrogens is 190 g/mol. The van der Waals surface area contributed by atoms with Crippen molar-refractivity contribution in [1.82, 2.24) is 14.9 Å². The summed E-state index contributed by atoms with van der Waals surface area (Å²) in [5.74, 6) is 1.48. The molecule has 2 N–H and O–H groups in total. The maximum absolute atomic E-state index is 9.64. The van der Waals surface area contributed by atoms with Crippen LogP contribution in [-0.2, 0) is 13.6 Å². The topological polar surface area (TPSA) is 50.1 Å². The van der Waals surface area contributed by atoms with Gasteiger partial charge < -0.3 is 15.0 Å². The molecule has 4 nitrogen and oxygen atoms in total. The summed E-state index contributed by atoms with van der Waals surface area (Å²) in [6.45, 7) is 1.68. The van der Waals surface area contributed by atoms with E-state index in [9.17, 15) is 5.11 Å². The molecule has 1 aliphatic carbocycles. The highest BCUT2D eigenvalue weighted by molar-refractivity contribution is 4.90. The number of imidazole rings is 1. The van der Waals surface area contributed by atoms with Gasteiger partial charge in [0.15, 0.2) is 0 Å². The van der Waals surface area contributed by atoms with Crippen molar-refractivity contribution < 1.29 is 5.11 Å². The van der Waals surface area contributed by atoms with E-state index in [1.807, 2.05) is 17.8 Å². The van der Waals surface area contributed by atoms with E-state index in [0.717, 1.165) is 38.2 Å². The standard InChI is InChI=1S/C11H19N3O/c1-14-6-5-13-11(14)8-12-7-9-3-2-4-10(9)15/h5-6,9-10,12,15H,2-4,7-8H2,1H3. The third-order valence-electron chi connectivity index (χ3n) is 3.23. The Kier molecular flexibility index (Phi) is 3.38. The maximum Gasteiger partial charge on any atom is 0.122 e. The second-order valence-corrected chi connectivity index (χ2v) is 4.34. The fourth-order valence-corrected chi connectivity index (χ4v) is 2.19. The average Bonchev–Trinajstić information content (AvgIpc) is 2.78. The van der Waals surface area contributed by atoms with Gasteiger partial charge in [0.2, 0.25) is 0 Å². The lowest BCUT2D eigenvalue weighted by Crippen LogP contribution is -2.28. The van der Waals surface area contributed by atoms with Crippen LogP contribution in [0.5, 0.6) is 0 Å². The second kappa shape index (κ2) is 4.77. The first kappa shape index (κ1) is 10.6. The van der Waals surface area contributed by atoms with E-state index in [1.54, 1.807) is 6.20 Å². The molecule has 2 atom stereocenters. The molecule has 0 radical (unpaired) electrons. The van der Waals surface area contributed by atoms with Crippen LogP contribution < -0.4 is 5.32 Å². The third-order valence-corrected chi connectivity index (χ3v) is 3.23. The summed E-state index contributed by atoms with van der Waals surface area (Å²) in [6.07, 6.45) is 6.93. The van der Waals surface area contributed by atoms with Crippen LogP contribution in [-0.4, -0.2) is 27.3 Å². The Morgan fingerprint density at radius 3 is 3.07 bits per heavy atom. The van der Waals surface area contributed by atoms with Crippen molar-refractivity contribution in [2.24, 2.45) is 13.0 Å². The molecule has 84 valence electrons. The summed E-state index contributed by atoms with van der Waals surface area (Å²) in [7, 11) is 1.99. The molecule has 1 heterocycles. The summed E-state index contributed by atoms with van der Waals surface area (Å²) in [4.78, 5) is 4.24. The number of nitrogens with one attached hydrogen (secondary N) is 1. The van der Waals surface area contributed by atoms with Gasteiger partial charge in [-0.2, -0.15) is 0 Å². The van der Waals surface area contributed by atoms with Crippen molar-refractivity contribution in [3.05, 3.63) is 18.2 Å². The molecule has 1 aliphatic rings. The van der Waals surface area contributed by atoms with Crippen LogP contribution in [0.15, 0.2) is 12.4 Å². The Bertz CT molecular complexity index is 311. The minimum atomic E-state index is -0.0983. The molecule has 0 aromatic carbocycles. The summed E-state index contributed by atoms with van der Waals surface area (Å²) in [5.41, 5.74) is 0. The Balaban J connectivity index is 1.73. The van der Waals surface area contributed by atoms with Crippen molar-refractivity contribution in [2.75, 3.05) is 6.54 Å². The van der Waals surface area contributed by atoms with Crippen LogP contribution in [0.25, 0.3) is 0 Å². The fourth-order valence-electron chi connectivity index (χ4n) is 2.19. The maximum atomic E-state index is 9.64. The van der Waals surface area contributed by atoms with E-state index in [2.05, 4.69) is 10.3 Å². The molecule has 0 spiro atoms. The van der Waals surface area contributed by atoms with Crippen molar-refractivity contribution >= 4 is 0 Å². The molecule has 1 aromatic rings. The number of aromatic nitrogens is 2. The van der Waals surface area contributed by atoms with Gasteiger partial charge in [0, 0.05) is 26.0 Å². The lowest BCUT2D eigenvalue weighted by atomic mass is 10.1.